The minimum atomic E-state index is -4.29. The van der Waals surface area contributed by atoms with Crippen LogP contribution in [0.1, 0.15) is 0 Å². The summed E-state index contributed by atoms with van der Waals surface area (Å²) >= 11 is 3.15. The largest absolute Gasteiger partial charge is 0.507 e. The summed E-state index contributed by atoms with van der Waals surface area (Å²) in [6.45, 7) is 0. The van der Waals surface area contributed by atoms with E-state index < -0.39 is 10.1 Å². The fourth-order valence-corrected chi connectivity index (χ4v) is 2.67. The average Bonchev–Trinajstić information content (AvgIpc) is 2.15. The third-order valence-corrected chi connectivity index (χ3v) is 3.55. The van der Waals surface area contributed by atoms with Crippen molar-refractivity contribution in [1.29, 1.82) is 0 Å². The number of phenolic OH excluding ortho intramolecular Hbond substituents is 1. The van der Waals surface area contributed by atoms with E-state index in [1.807, 2.05) is 0 Å². The van der Waals surface area contributed by atoms with Gasteiger partial charge in [-0.2, -0.15) is 8.42 Å². The summed E-state index contributed by atoms with van der Waals surface area (Å²) in [4.78, 5) is -0.221. The molecule has 84 valence electrons. The molecule has 0 heterocycles. The highest BCUT2D eigenvalue weighted by Gasteiger charge is 2.15. The molecule has 0 aliphatic heterocycles. The van der Waals surface area contributed by atoms with Gasteiger partial charge in [-0.05, 0) is 18.2 Å². The first-order valence-electron chi connectivity index (χ1n) is 4.28. The number of phenols is 1. The average molecular weight is 303 g/mol. The van der Waals surface area contributed by atoms with Crippen LogP contribution in [0.15, 0.2) is 39.7 Å². The highest BCUT2D eigenvalue weighted by atomic mass is 79.9. The standard InChI is InChI=1S/C10H7BrO4S/c11-6-4-8-7(9(12)5-6)2-1-3-10(8)16(13,14)15/h1-5,12H,(H,13,14,15). The van der Waals surface area contributed by atoms with Crippen molar-refractivity contribution in [1.82, 2.24) is 0 Å². The van der Waals surface area contributed by atoms with E-state index in [0.717, 1.165) is 0 Å². The van der Waals surface area contributed by atoms with Crippen LogP contribution in [0, 0.1) is 0 Å². The Morgan fingerprint density at radius 1 is 1.12 bits per heavy atom. The van der Waals surface area contributed by atoms with Crippen LogP contribution in [0.4, 0.5) is 0 Å². The van der Waals surface area contributed by atoms with Crippen LogP contribution in [0.2, 0.25) is 0 Å². The third-order valence-electron chi connectivity index (χ3n) is 2.18. The van der Waals surface area contributed by atoms with E-state index in [9.17, 15) is 13.5 Å². The summed E-state index contributed by atoms with van der Waals surface area (Å²) in [5.74, 6) is -0.0464. The van der Waals surface area contributed by atoms with Gasteiger partial charge < -0.3 is 5.11 Å². The molecule has 0 saturated carbocycles. The summed E-state index contributed by atoms with van der Waals surface area (Å²) in [6, 6.07) is 7.29. The summed E-state index contributed by atoms with van der Waals surface area (Å²) < 4.78 is 31.8. The molecule has 0 fully saturated rings. The van der Waals surface area contributed by atoms with Gasteiger partial charge in [0, 0.05) is 15.2 Å². The number of aromatic hydroxyl groups is 1. The van der Waals surface area contributed by atoms with E-state index in [4.69, 9.17) is 4.55 Å². The molecule has 2 N–H and O–H groups in total. The highest BCUT2D eigenvalue weighted by Crippen LogP contribution is 2.32. The van der Waals surface area contributed by atoms with Gasteiger partial charge in [-0.3, -0.25) is 4.55 Å². The molecule has 0 atom stereocenters. The quantitative estimate of drug-likeness (QED) is 0.794. The topological polar surface area (TPSA) is 74.6 Å². The maximum absolute atomic E-state index is 11.1. The van der Waals surface area contributed by atoms with E-state index in [1.165, 1.54) is 24.3 Å². The number of halogens is 1. The van der Waals surface area contributed by atoms with Crippen molar-refractivity contribution in [2.24, 2.45) is 0 Å². The lowest BCUT2D eigenvalue weighted by Crippen LogP contribution is -1.98. The molecule has 16 heavy (non-hydrogen) atoms. The van der Waals surface area contributed by atoms with Crippen molar-refractivity contribution < 1.29 is 18.1 Å². The Kier molecular flexibility index (Phi) is 2.65. The van der Waals surface area contributed by atoms with Crippen molar-refractivity contribution in [3.8, 4) is 5.75 Å². The Hall–Kier alpha value is -1.11. The Labute approximate surface area is 100 Å². The van der Waals surface area contributed by atoms with E-state index in [0.29, 0.717) is 9.86 Å². The van der Waals surface area contributed by atoms with Gasteiger partial charge in [-0.1, -0.05) is 28.1 Å². The maximum atomic E-state index is 11.1. The third kappa shape index (κ3) is 1.91. The molecule has 0 unspecified atom stereocenters. The molecule has 0 spiro atoms. The minimum absolute atomic E-state index is 0.0464. The van der Waals surface area contributed by atoms with Crippen molar-refractivity contribution >= 4 is 36.8 Å². The first kappa shape index (κ1) is 11.4. The zero-order valence-electron chi connectivity index (χ0n) is 7.88. The van der Waals surface area contributed by atoms with Gasteiger partial charge in [-0.25, -0.2) is 0 Å². The maximum Gasteiger partial charge on any atom is 0.295 e. The lowest BCUT2D eigenvalue weighted by molar-refractivity contribution is 0.481. The molecule has 0 aliphatic carbocycles. The smallest absolute Gasteiger partial charge is 0.295 e. The normalized spacial score (nSPS) is 11.9. The zero-order chi connectivity index (χ0) is 11.9. The lowest BCUT2D eigenvalue weighted by Gasteiger charge is -2.06. The summed E-state index contributed by atoms with van der Waals surface area (Å²) in [5.41, 5.74) is 0. The van der Waals surface area contributed by atoms with Crippen LogP contribution in [0.25, 0.3) is 10.8 Å². The van der Waals surface area contributed by atoms with Gasteiger partial charge in [0.1, 0.15) is 10.6 Å². The first-order valence-corrected chi connectivity index (χ1v) is 6.51. The van der Waals surface area contributed by atoms with Crippen LogP contribution >= 0.6 is 15.9 Å². The summed E-state index contributed by atoms with van der Waals surface area (Å²) in [6.07, 6.45) is 0. The van der Waals surface area contributed by atoms with E-state index in [2.05, 4.69) is 15.9 Å². The monoisotopic (exact) mass is 302 g/mol. The number of fused-ring (bicyclic) bond motifs is 1. The van der Waals surface area contributed by atoms with Crippen molar-refractivity contribution in [2.75, 3.05) is 0 Å². The number of benzene rings is 2. The molecule has 0 radical (unpaired) electrons. The van der Waals surface area contributed by atoms with Gasteiger partial charge in [0.05, 0.1) is 0 Å². The number of hydrogen-bond acceptors (Lipinski definition) is 3. The Morgan fingerprint density at radius 2 is 1.81 bits per heavy atom. The van der Waals surface area contributed by atoms with Crippen LogP contribution < -0.4 is 0 Å². The van der Waals surface area contributed by atoms with E-state index >= 15 is 0 Å². The molecule has 0 saturated heterocycles. The Balaban J connectivity index is 2.98. The summed E-state index contributed by atoms with van der Waals surface area (Å²) in [5, 5.41) is 10.3. The van der Waals surface area contributed by atoms with E-state index in [-0.39, 0.29) is 16.0 Å². The molecule has 6 heteroatoms. The SMILES string of the molecule is O=S(=O)(O)c1cccc2c(O)cc(Br)cc12. The molecular formula is C10H7BrO4S. The molecule has 4 nitrogen and oxygen atoms in total. The second kappa shape index (κ2) is 3.73. The Morgan fingerprint density at radius 3 is 2.44 bits per heavy atom. The molecule has 2 aromatic rings. The molecule has 2 aromatic carbocycles. The first-order chi connectivity index (χ1) is 7.39. The molecule has 0 bridgehead atoms. The molecule has 0 amide bonds. The van der Waals surface area contributed by atoms with Crippen LogP contribution in [0.3, 0.4) is 0 Å². The van der Waals surface area contributed by atoms with Crippen molar-refractivity contribution in [2.45, 2.75) is 4.90 Å². The predicted molar refractivity (Wildman–Crippen MR) is 63.1 cm³/mol. The van der Waals surface area contributed by atoms with Gasteiger partial charge in [0.2, 0.25) is 0 Å². The number of rotatable bonds is 1. The van der Waals surface area contributed by atoms with Gasteiger partial charge in [0.15, 0.2) is 0 Å². The second-order valence-corrected chi connectivity index (χ2v) is 5.56. The second-order valence-electron chi connectivity index (χ2n) is 3.25. The van der Waals surface area contributed by atoms with Gasteiger partial charge >= 0.3 is 0 Å². The van der Waals surface area contributed by atoms with Crippen LogP contribution in [-0.4, -0.2) is 18.1 Å². The highest BCUT2D eigenvalue weighted by molar-refractivity contribution is 9.10. The molecule has 0 aromatic heterocycles. The molecular weight excluding hydrogens is 296 g/mol. The van der Waals surface area contributed by atoms with Crippen LogP contribution in [0.5, 0.6) is 5.75 Å². The van der Waals surface area contributed by atoms with Crippen molar-refractivity contribution in [3.63, 3.8) is 0 Å². The lowest BCUT2D eigenvalue weighted by atomic mass is 10.1. The fourth-order valence-electron chi connectivity index (χ4n) is 1.53. The van der Waals surface area contributed by atoms with Crippen molar-refractivity contribution in [3.05, 3.63) is 34.8 Å². The zero-order valence-corrected chi connectivity index (χ0v) is 10.3. The van der Waals surface area contributed by atoms with Crippen LogP contribution in [-0.2, 0) is 10.1 Å². The molecule has 0 aliphatic rings. The Bertz CT molecular complexity index is 664. The van der Waals surface area contributed by atoms with Gasteiger partial charge in [0.25, 0.3) is 10.1 Å². The number of hydrogen-bond donors (Lipinski definition) is 2. The predicted octanol–water partition coefficient (Wildman–Crippen LogP) is 2.55. The fraction of sp³-hybridized carbons (Fsp3) is 0. The van der Waals surface area contributed by atoms with E-state index in [1.54, 1.807) is 6.07 Å². The minimum Gasteiger partial charge on any atom is -0.507 e. The molecule has 2 rings (SSSR count). The van der Waals surface area contributed by atoms with Gasteiger partial charge in [-0.15, -0.1) is 0 Å². The summed E-state index contributed by atoms with van der Waals surface area (Å²) in [7, 11) is -4.29.